The van der Waals surface area contributed by atoms with Crippen molar-refractivity contribution >= 4 is 29.0 Å². The van der Waals surface area contributed by atoms with Gasteiger partial charge < -0.3 is 9.40 Å². The van der Waals surface area contributed by atoms with Crippen molar-refractivity contribution in [3.8, 4) is 0 Å². The molecule has 0 spiro atoms. The molecule has 0 atom stereocenters. The number of nitrogens with one attached hydrogen (secondary N) is 2. The summed E-state index contributed by atoms with van der Waals surface area (Å²) in [4.78, 5) is 28.6. The van der Waals surface area contributed by atoms with Crippen molar-refractivity contribution < 1.29 is 14.1 Å². The molecule has 1 amide bonds. The summed E-state index contributed by atoms with van der Waals surface area (Å²) in [5.41, 5.74) is 3.65. The number of aromatic nitrogens is 2. The molecular weight excluding hydrogens is 290 g/mol. The van der Waals surface area contributed by atoms with Gasteiger partial charge in [0, 0.05) is 0 Å². The number of hydrogen-bond acceptors (Lipinski definition) is 6. The molecule has 0 bridgehead atoms. The minimum atomic E-state index is -0.662. The maximum absolute atomic E-state index is 11.9. The van der Waals surface area contributed by atoms with Crippen LogP contribution >= 0.6 is 0 Å². The lowest BCUT2D eigenvalue weighted by molar-refractivity contribution is -0.402. The van der Waals surface area contributed by atoms with Gasteiger partial charge in [-0.3, -0.25) is 14.9 Å². The van der Waals surface area contributed by atoms with Gasteiger partial charge in [-0.25, -0.2) is 10.4 Å². The van der Waals surface area contributed by atoms with Crippen LogP contribution in [0.4, 0.5) is 5.88 Å². The largest absolute Gasteiger partial charge is 0.433 e. The van der Waals surface area contributed by atoms with Gasteiger partial charge in [0.2, 0.25) is 0 Å². The highest BCUT2D eigenvalue weighted by Crippen LogP contribution is 2.13. The first kappa shape index (κ1) is 13.5. The monoisotopic (exact) mass is 299 g/mol. The van der Waals surface area contributed by atoms with Crippen LogP contribution in [0.25, 0.3) is 11.0 Å². The zero-order valence-electron chi connectivity index (χ0n) is 11.0. The second-order valence-corrected chi connectivity index (χ2v) is 4.23. The Bertz CT molecular complexity index is 846. The van der Waals surface area contributed by atoms with E-state index in [0.717, 1.165) is 11.7 Å². The quantitative estimate of drug-likeness (QED) is 0.431. The zero-order valence-corrected chi connectivity index (χ0v) is 11.0. The number of hydrogen-bond donors (Lipinski definition) is 2. The van der Waals surface area contributed by atoms with Crippen molar-refractivity contribution in [1.29, 1.82) is 0 Å². The van der Waals surface area contributed by atoms with E-state index < -0.39 is 16.7 Å². The fraction of sp³-hybridized carbons (Fsp3) is 0. The van der Waals surface area contributed by atoms with Crippen LogP contribution in [0.1, 0.15) is 16.4 Å². The average molecular weight is 299 g/mol. The molecule has 9 nitrogen and oxygen atoms in total. The lowest BCUT2D eigenvalue weighted by atomic mass is 10.3. The van der Waals surface area contributed by atoms with Crippen molar-refractivity contribution in [1.82, 2.24) is 15.4 Å². The smallest absolute Gasteiger partial charge is 0.400 e. The second kappa shape index (κ2) is 5.48. The van der Waals surface area contributed by atoms with Crippen LogP contribution in [-0.2, 0) is 0 Å². The minimum Gasteiger partial charge on any atom is -0.400 e. The molecule has 3 aromatic rings. The van der Waals surface area contributed by atoms with Crippen molar-refractivity contribution in [3.05, 3.63) is 58.1 Å². The first-order valence-corrected chi connectivity index (χ1v) is 6.16. The van der Waals surface area contributed by atoms with Crippen LogP contribution in [0.15, 0.2) is 45.9 Å². The van der Waals surface area contributed by atoms with E-state index in [1.54, 1.807) is 12.1 Å². The standard InChI is InChI=1S/C13H9N5O4/c19-13(12-15-9-3-1-2-4-10(9)16-12)17-14-7-8-5-6-11(22-8)18(20)21/h1-7H,(H,15,16)(H,17,19)/b14-7+. The maximum atomic E-state index is 11.9. The Hall–Kier alpha value is -3.49. The number of nitro groups is 1. The van der Waals surface area contributed by atoms with Gasteiger partial charge in [-0.05, 0) is 18.2 Å². The van der Waals surface area contributed by atoms with Crippen molar-refractivity contribution in [2.45, 2.75) is 0 Å². The van der Waals surface area contributed by atoms with Gasteiger partial charge in [-0.1, -0.05) is 12.1 Å². The third-order valence-electron chi connectivity index (χ3n) is 2.75. The normalized spacial score (nSPS) is 11.1. The van der Waals surface area contributed by atoms with Crippen LogP contribution in [0.2, 0.25) is 0 Å². The number of amides is 1. The molecule has 2 heterocycles. The molecule has 3 rings (SSSR count). The number of benzene rings is 1. The Morgan fingerprint density at radius 2 is 2.18 bits per heavy atom. The number of nitrogens with zero attached hydrogens (tertiary/aromatic N) is 3. The van der Waals surface area contributed by atoms with Crippen molar-refractivity contribution in [2.75, 3.05) is 0 Å². The second-order valence-electron chi connectivity index (χ2n) is 4.23. The molecule has 0 fully saturated rings. The number of hydrazone groups is 1. The number of fused-ring (bicyclic) bond motifs is 1. The molecule has 9 heteroatoms. The van der Waals surface area contributed by atoms with E-state index >= 15 is 0 Å². The summed E-state index contributed by atoms with van der Waals surface area (Å²) in [7, 11) is 0. The topological polar surface area (TPSA) is 126 Å². The van der Waals surface area contributed by atoms with Gasteiger partial charge in [0.1, 0.15) is 4.92 Å². The molecular formula is C13H9N5O4. The number of rotatable bonds is 4. The molecule has 22 heavy (non-hydrogen) atoms. The van der Waals surface area contributed by atoms with Crippen LogP contribution in [0, 0.1) is 10.1 Å². The van der Waals surface area contributed by atoms with E-state index in [0.29, 0.717) is 5.52 Å². The highest BCUT2D eigenvalue weighted by molar-refractivity contribution is 5.94. The van der Waals surface area contributed by atoms with Crippen molar-refractivity contribution in [3.63, 3.8) is 0 Å². The van der Waals surface area contributed by atoms with E-state index in [9.17, 15) is 14.9 Å². The maximum Gasteiger partial charge on any atom is 0.433 e. The van der Waals surface area contributed by atoms with E-state index in [-0.39, 0.29) is 11.6 Å². The van der Waals surface area contributed by atoms with E-state index in [1.165, 1.54) is 12.1 Å². The molecule has 0 saturated carbocycles. The number of para-hydroxylation sites is 2. The molecule has 0 unspecified atom stereocenters. The highest BCUT2D eigenvalue weighted by Gasteiger charge is 2.12. The van der Waals surface area contributed by atoms with E-state index in [2.05, 4.69) is 20.5 Å². The molecule has 0 saturated heterocycles. The van der Waals surface area contributed by atoms with Crippen LogP contribution in [-0.4, -0.2) is 27.0 Å². The Morgan fingerprint density at radius 3 is 2.91 bits per heavy atom. The van der Waals surface area contributed by atoms with E-state index in [1.807, 2.05) is 12.1 Å². The first-order chi connectivity index (χ1) is 10.6. The number of H-pyrrole nitrogens is 1. The third-order valence-corrected chi connectivity index (χ3v) is 2.75. The Morgan fingerprint density at radius 1 is 1.36 bits per heavy atom. The fourth-order valence-electron chi connectivity index (χ4n) is 1.78. The van der Waals surface area contributed by atoms with Gasteiger partial charge >= 0.3 is 11.8 Å². The predicted molar refractivity (Wildman–Crippen MR) is 76.5 cm³/mol. The third kappa shape index (κ3) is 2.68. The predicted octanol–water partition coefficient (Wildman–Crippen LogP) is 1.83. The SMILES string of the molecule is O=C(N/N=C/c1ccc([N+](=O)[O-])o1)c1nc2ccccc2[nH]1. The Balaban J connectivity index is 1.68. The molecule has 0 aliphatic heterocycles. The first-order valence-electron chi connectivity index (χ1n) is 6.16. The summed E-state index contributed by atoms with van der Waals surface area (Å²) in [6.07, 6.45) is 1.16. The van der Waals surface area contributed by atoms with E-state index in [4.69, 9.17) is 4.42 Å². The average Bonchev–Trinajstić information content (AvgIpc) is 3.13. The number of carbonyl (C=O) groups is 1. The highest BCUT2D eigenvalue weighted by atomic mass is 16.6. The summed E-state index contributed by atoms with van der Waals surface area (Å²) < 4.78 is 4.86. The van der Waals surface area contributed by atoms with Gasteiger partial charge in [0.05, 0.1) is 23.3 Å². The fourth-order valence-corrected chi connectivity index (χ4v) is 1.78. The summed E-state index contributed by atoms with van der Waals surface area (Å²) >= 11 is 0. The summed E-state index contributed by atoms with van der Waals surface area (Å²) in [5, 5.41) is 14.1. The molecule has 0 radical (unpaired) electrons. The summed E-state index contributed by atoms with van der Waals surface area (Å²) in [6.45, 7) is 0. The Kier molecular flexibility index (Phi) is 3.36. The molecule has 2 N–H and O–H groups in total. The zero-order chi connectivity index (χ0) is 15.5. The number of furan rings is 1. The molecule has 1 aromatic carbocycles. The number of carbonyl (C=O) groups excluding carboxylic acids is 1. The molecule has 0 aliphatic rings. The molecule has 2 aromatic heterocycles. The lowest BCUT2D eigenvalue weighted by Crippen LogP contribution is -2.18. The Labute approximate surface area is 122 Å². The van der Waals surface area contributed by atoms with Gasteiger partial charge in [-0.15, -0.1) is 0 Å². The van der Waals surface area contributed by atoms with Crippen LogP contribution in [0.3, 0.4) is 0 Å². The minimum absolute atomic E-state index is 0.115. The van der Waals surface area contributed by atoms with Gasteiger partial charge in [0.15, 0.2) is 11.6 Å². The van der Waals surface area contributed by atoms with Gasteiger partial charge in [-0.2, -0.15) is 5.10 Å². The molecule has 0 aliphatic carbocycles. The molecule has 110 valence electrons. The lowest BCUT2D eigenvalue weighted by Gasteiger charge is -1.93. The van der Waals surface area contributed by atoms with Crippen LogP contribution in [0.5, 0.6) is 0 Å². The summed E-state index contributed by atoms with van der Waals surface area (Å²) in [5.74, 6) is -0.668. The van der Waals surface area contributed by atoms with Gasteiger partial charge in [0.25, 0.3) is 0 Å². The number of imidazole rings is 1. The summed E-state index contributed by atoms with van der Waals surface area (Å²) in [6, 6.07) is 9.77. The van der Waals surface area contributed by atoms with Crippen LogP contribution < -0.4 is 5.43 Å². The number of aromatic amines is 1. The van der Waals surface area contributed by atoms with Crippen molar-refractivity contribution in [2.24, 2.45) is 5.10 Å².